The van der Waals surface area contributed by atoms with Gasteiger partial charge in [0.05, 0.1) is 0 Å². The second-order valence-corrected chi connectivity index (χ2v) is 7.52. The van der Waals surface area contributed by atoms with Gasteiger partial charge in [-0.15, -0.1) is 0 Å². The normalized spacial score (nSPS) is 14.8. The van der Waals surface area contributed by atoms with Gasteiger partial charge in [-0.25, -0.2) is 0 Å². The van der Waals surface area contributed by atoms with Gasteiger partial charge >= 0.3 is 0 Å². The predicted molar refractivity (Wildman–Crippen MR) is 102 cm³/mol. The van der Waals surface area contributed by atoms with Crippen LogP contribution in [-0.2, 0) is 4.79 Å². The predicted octanol–water partition coefficient (Wildman–Crippen LogP) is 4.16. The summed E-state index contributed by atoms with van der Waals surface area (Å²) in [4.78, 5) is 27.2. The highest BCUT2D eigenvalue weighted by Crippen LogP contribution is 2.24. The highest BCUT2D eigenvalue weighted by atomic mass is 79.9. The number of amides is 2. The number of carbonyl (C=O) groups excluding carboxylic acids is 2. The molecule has 0 saturated heterocycles. The molecule has 3 rings (SSSR count). The Morgan fingerprint density at radius 2 is 1.92 bits per heavy atom. The molecule has 26 heavy (non-hydrogen) atoms. The van der Waals surface area contributed by atoms with Gasteiger partial charge < -0.3 is 14.7 Å². The molecule has 1 aromatic heterocycles. The highest BCUT2D eigenvalue weighted by molar-refractivity contribution is 9.10. The minimum Gasteiger partial charge on any atom is -0.360 e. The zero-order valence-corrected chi connectivity index (χ0v) is 16.3. The number of carbonyl (C=O) groups is 2. The first-order valence-electron chi connectivity index (χ1n) is 8.82. The largest absolute Gasteiger partial charge is 0.360 e. The van der Waals surface area contributed by atoms with Crippen LogP contribution in [0.15, 0.2) is 39.3 Å². The Balaban J connectivity index is 1.75. The minimum absolute atomic E-state index is 0.00543. The summed E-state index contributed by atoms with van der Waals surface area (Å²) in [7, 11) is 0. The van der Waals surface area contributed by atoms with Crippen LogP contribution in [0.1, 0.15) is 48.2 Å². The van der Waals surface area contributed by atoms with Crippen LogP contribution in [0.4, 0.5) is 5.82 Å². The number of hydrogen-bond donors (Lipinski definition) is 1. The van der Waals surface area contributed by atoms with E-state index >= 15 is 0 Å². The summed E-state index contributed by atoms with van der Waals surface area (Å²) in [6.07, 6.45) is 5.20. The van der Waals surface area contributed by atoms with E-state index in [1.807, 2.05) is 12.1 Å². The summed E-state index contributed by atoms with van der Waals surface area (Å²) < 4.78 is 5.88. The highest BCUT2D eigenvalue weighted by Gasteiger charge is 2.28. The maximum Gasteiger partial charge on any atom is 0.254 e. The third-order valence-corrected chi connectivity index (χ3v) is 5.11. The fraction of sp³-hybridized carbons (Fsp3) is 0.421. The van der Waals surface area contributed by atoms with E-state index in [1.54, 1.807) is 30.0 Å². The smallest absolute Gasteiger partial charge is 0.254 e. The number of aromatic nitrogens is 1. The molecule has 0 unspecified atom stereocenters. The second kappa shape index (κ2) is 8.49. The van der Waals surface area contributed by atoms with Crippen molar-refractivity contribution in [2.24, 2.45) is 0 Å². The van der Waals surface area contributed by atoms with Crippen LogP contribution in [0, 0.1) is 6.92 Å². The fourth-order valence-corrected chi connectivity index (χ4v) is 3.54. The number of rotatable bonds is 5. The van der Waals surface area contributed by atoms with Crippen LogP contribution in [0.25, 0.3) is 0 Å². The minimum atomic E-state index is -0.269. The second-order valence-electron chi connectivity index (χ2n) is 6.60. The molecule has 6 nitrogen and oxygen atoms in total. The molecule has 1 heterocycles. The molecule has 1 aliphatic rings. The monoisotopic (exact) mass is 419 g/mol. The van der Waals surface area contributed by atoms with Gasteiger partial charge in [0.15, 0.2) is 5.82 Å². The van der Waals surface area contributed by atoms with E-state index in [2.05, 4.69) is 26.4 Å². The maximum atomic E-state index is 13.0. The van der Waals surface area contributed by atoms with E-state index in [4.69, 9.17) is 4.52 Å². The Bertz CT molecular complexity index is 767. The summed E-state index contributed by atoms with van der Waals surface area (Å²) >= 11 is 3.38. The molecule has 1 saturated carbocycles. The van der Waals surface area contributed by atoms with Crippen LogP contribution < -0.4 is 5.32 Å². The van der Waals surface area contributed by atoms with E-state index in [-0.39, 0.29) is 24.4 Å². The molecule has 0 spiro atoms. The lowest BCUT2D eigenvalue weighted by molar-refractivity contribution is -0.117. The Hall–Kier alpha value is -2.15. The summed E-state index contributed by atoms with van der Waals surface area (Å²) in [5.41, 5.74) is 0.587. The Kier molecular flexibility index (Phi) is 6.08. The number of halogens is 1. The summed E-state index contributed by atoms with van der Waals surface area (Å²) in [6, 6.07) is 8.97. The lowest BCUT2D eigenvalue weighted by Crippen LogP contribution is -2.45. The summed E-state index contributed by atoms with van der Waals surface area (Å²) in [6.45, 7) is 1.76. The van der Waals surface area contributed by atoms with Gasteiger partial charge in [-0.1, -0.05) is 40.3 Å². The molecule has 7 heteroatoms. The van der Waals surface area contributed by atoms with Gasteiger partial charge in [-0.05, 0) is 44.0 Å². The molecular weight excluding hydrogens is 398 g/mol. The third kappa shape index (κ3) is 4.72. The van der Waals surface area contributed by atoms with Crippen LogP contribution in [0.3, 0.4) is 0 Å². The van der Waals surface area contributed by atoms with Crippen LogP contribution in [0.2, 0.25) is 0 Å². The van der Waals surface area contributed by atoms with Gasteiger partial charge in [0.2, 0.25) is 5.91 Å². The Morgan fingerprint density at radius 3 is 2.54 bits per heavy atom. The van der Waals surface area contributed by atoms with Crippen LogP contribution >= 0.6 is 15.9 Å². The van der Waals surface area contributed by atoms with Crippen molar-refractivity contribution in [1.29, 1.82) is 0 Å². The third-order valence-electron chi connectivity index (χ3n) is 4.58. The van der Waals surface area contributed by atoms with Crippen molar-refractivity contribution in [2.75, 3.05) is 11.9 Å². The van der Waals surface area contributed by atoms with Crippen molar-refractivity contribution < 1.29 is 14.1 Å². The number of nitrogens with zero attached hydrogens (tertiary/aromatic N) is 2. The lowest BCUT2D eigenvalue weighted by atomic mass is 9.93. The van der Waals surface area contributed by atoms with Crippen LogP contribution in [0.5, 0.6) is 0 Å². The molecule has 1 aromatic carbocycles. The number of anilines is 1. The molecule has 138 valence electrons. The molecule has 1 N–H and O–H groups in total. The van der Waals surface area contributed by atoms with E-state index in [0.717, 1.165) is 30.2 Å². The molecule has 1 aliphatic carbocycles. The van der Waals surface area contributed by atoms with Gasteiger partial charge in [-0.3, -0.25) is 9.59 Å². The van der Waals surface area contributed by atoms with Crippen LogP contribution in [-0.4, -0.2) is 34.5 Å². The average molecular weight is 420 g/mol. The standard InChI is InChI=1S/C19H22BrN3O3/c1-13-11-17(22-26-13)21-18(24)12-23(16-5-3-2-4-6-16)19(25)14-7-9-15(20)10-8-14/h7-11,16H,2-6,12H2,1H3,(H,21,22,24). The number of nitrogens with one attached hydrogen (secondary N) is 1. The Morgan fingerprint density at radius 1 is 1.23 bits per heavy atom. The van der Waals surface area contributed by atoms with Crippen molar-refractivity contribution in [2.45, 2.75) is 45.1 Å². The van der Waals surface area contributed by atoms with Crippen molar-refractivity contribution in [3.05, 3.63) is 46.1 Å². The molecule has 0 atom stereocenters. The molecule has 2 aromatic rings. The van der Waals surface area contributed by atoms with Crippen molar-refractivity contribution in [1.82, 2.24) is 10.1 Å². The first-order valence-corrected chi connectivity index (χ1v) is 9.62. The molecule has 1 fully saturated rings. The zero-order valence-electron chi connectivity index (χ0n) is 14.7. The SMILES string of the molecule is Cc1cc(NC(=O)CN(C(=O)c2ccc(Br)cc2)C2CCCCC2)no1. The van der Waals surface area contributed by atoms with E-state index in [1.165, 1.54) is 6.42 Å². The summed E-state index contributed by atoms with van der Waals surface area (Å²) in [5.74, 6) is 0.604. The van der Waals surface area contributed by atoms with E-state index in [9.17, 15) is 9.59 Å². The van der Waals surface area contributed by atoms with Gasteiger partial charge in [0.1, 0.15) is 12.3 Å². The lowest BCUT2D eigenvalue weighted by Gasteiger charge is -2.34. The van der Waals surface area contributed by atoms with Gasteiger partial charge in [0, 0.05) is 22.1 Å². The molecular formula is C19H22BrN3O3. The van der Waals surface area contributed by atoms with E-state index in [0.29, 0.717) is 17.1 Å². The van der Waals surface area contributed by atoms with Crippen molar-refractivity contribution in [3.63, 3.8) is 0 Å². The molecule has 2 amide bonds. The first kappa shape index (κ1) is 18.6. The topological polar surface area (TPSA) is 75.4 Å². The van der Waals surface area contributed by atoms with Crippen molar-refractivity contribution >= 4 is 33.6 Å². The van der Waals surface area contributed by atoms with Gasteiger partial charge in [-0.2, -0.15) is 0 Å². The summed E-state index contributed by atoms with van der Waals surface area (Å²) in [5, 5.41) is 6.48. The maximum absolute atomic E-state index is 13.0. The molecule has 0 radical (unpaired) electrons. The van der Waals surface area contributed by atoms with E-state index < -0.39 is 0 Å². The number of aryl methyl sites for hydroxylation is 1. The molecule has 0 bridgehead atoms. The number of hydrogen-bond acceptors (Lipinski definition) is 4. The van der Waals surface area contributed by atoms with Gasteiger partial charge in [0.25, 0.3) is 5.91 Å². The zero-order chi connectivity index (χ0) is 18.5. The van der Waals surface area contributed by atoms with Crippen molar-refractivity contribution in [3.8, 4) is 0 Å². The first-order chi connectivity index (χ1) is 12.5. The quantitative estimate of drug-likeness (QED) is 0.788. The average Bonchev–Trinajstić information content (AvgIpc) is 3.05. The molecule has 0 aliphatic heterocycles. The number of benzene rings is 1. The fourth-order valence-electron chi connectivity index (χ4n) is 3.28. The Labute approximate surface area is 161 Å².